The Labute approximate surface area is 78.1 Å². The smallest absolute Gasteiger partial charge is 0.193 e. The molecule has 0 aromatic heterocycles. The number of hydrogen-bond acceptors (Lipinski definition) is 1. The highest BCUT2D eigenvalue weighted by Gasteiger charge is 1.94. The van der Waals surface area contributed by atoms with Gasteiger partial charge in [-0.05, 0) is 24.0 Å². The molecule has 0 saturated heterocycles. The van der Waals surface area contributed by atoms with Crippen molar-refractivity contribution in [2.24, 2.45) is 0 Å². The van der Waals surface area contributed by atoms with Crippen LogP contribution in [0.15, 0.2) is 36.9 Å². The van der Waals surface area contributed by atoms with Gasteiger partial charge >= 0.3 is 0 Å². The van der Waals surface area contributed by atoms with Crippen LogP contribution in [0.3, 0.4) is 0 Å². The van der Waals surface area contributed by atoms with Crippen molar-refractivity contribution in [1.29, 1.82) is 0 Å². The molecule has 0 amide bonds. The van der Waals surface area contributed by atoms with E-state index in [9.17, 15) is 4.79 Å². The Morgan fingerprint density at radius 2 is 2.15 bits per heavy atom. The second kappa shape index (κ2) is 4.95. The minimum atomic E-state index is 0.602. The predicted octanol–water partition coefficient (Wildman–Crippen LogP) is 1.97. The number of allylic oxidation sites excluding steroid dienone is 1. The Balaban J connectivity index is 3.03. The van der Waals surface area contributed by atoms with Crippen molar-refractivity contribution in [3.05, 3.63) is 48.0 Å². The van der Waals surface area contributed by atoms with Crippen LogP contribution >= 0.6 is 0 Å². The van der Waals surface area contributed by atoms with Gasteiger partial charge in [-0.15, -0.1) is 6.58 Å². The molecule has 1 rings (SSSR count). The molecule has 1 aromatic carbocycles. The van der Waals surface area contributed by atoms with Crippen molar-refractivity contribution < 1.29 is 4.79 Å². The van der Waals surface area contributed by atoms with Crippen LogP contribution in [0.25, 0.3) is 0 Å². The standard InChI is InChI=1S/C12H10O/c1-2-6-11-7-3-4-8-12(11)9-5-10-13/h2-4,7-8,10H,1,6H2. The van der Waals surface area contributed by atoms with Crippen LogP contribution in [-0.4, -0.2) is 6.29 Å². The third-order valence-corrected chi connectivity index (χ3v) is 1.65. The zero-order chi connectivity index (χ0) is 9.52. The number of hydrogen-bond donors (Lipinski definition) is 0. The molecular weight excluding hydrogens is 160 g/mol. The second-order valence-electron chi connectivity index (χ2n) is 2.54. The van der Waals surface area contributed by atoms with E-state index in [0.717, 1.165) is 17.5 Å². The highest BCUT2D eigenvalue weighted by molar-refractivity contribution is 5.74. The van der Waals surface area contributed by atoms with Crippen molar-refractivity contribution in [3.63, 3.8) is 0 Å². The molecule has 1 heteroatoms. The molecule has 0 spiro atoms. The molecular formula is C12H10O. The first-order chi connectivity index (χ1) is 6.38. The first-order valence-corrected chi connectivity index (χ1v) is 4.02. The number of benzene rings is 1. The van der Waals surface area contributed by atoms with Crippen LogP contribution in [0.2, 0.25) is 0 Å². The van der Waals surface area contributed by atoms with Crippen molar-refractivity contribution in [3.8, 4) is 11.8 Å². The number of carbonyl (C=O) groups is 1. The molecule has 0 saturated carbocycles. The highest BCUT2D eigenvalue weighted by atomic mass is 16.1. The molecule has 0 radical (unpaired) electrons. The third-order valence-electron chi connectivity index (χ3n) is 1.65. The number of rotatable bonds is 2. The zero-order valence-corrected chi connectivity index (χ0v) is 7.29. The predicted molar refractivity (Wildman–Crippen MR) is 53.3 cm³/mol. The number of carbonyl (C=O) groups excluding carboxylic acids is 1. The summed E-state index contributed by atoms with van der Waals surface area (Å²) >= 11 is 0. The van der Waals surface area contributed by atoms with Gasteiger partial charge in [-0.2, -0.15) is 0 Å². The van der Waals surface area contributed by atoms with Gasteiger partial charge in [0.05, 0.1) is 0 Å². The molecule has 64 valence electrons. The summed E-state index contributed by atoms with van der Waals surface area (Å²) in [5, 5.41) is 0. The minimum absolute atomic E-state index is 0.602. The Morgan fingerprint density at radius 3 is 2.85 bits per heavy atom. The molecule has 0 aliphatic rings. The summed E-state index contributed by atoms with van der Waals surface area (Å²) in [6.45, 7) is 3.66. The van der Waals surface area contributed by atoms with Gasteiger partial charge in [-0.25, -0.2) is 0 Å². The lowest BCUT2D eigenvalue weighted by molar-refractivity contribution is -0.103. The van der Waals surface area contributed by atoms with Crippen LogP contribution in [0.1, 0.15) is 11.1 Å². The topological polar surface area (TPSA) is 17.1 Å². The largest absolute Gasteiger partial charge is 0.289 e. The van der Waals surface area contributed by atoms with E-state index >= 15 is 0 Å². The van der Waals surface area contributed by atoms with Gasteiger partial charge in [0.1, 0.15) is 0 Å². The number of aldehydes is 1. The summed E-state index contributed by atoms with van der Waals surface area (Å²) in [6, 6.07) is 7.73. The van der Waals surface area contributed by atoms with Crippen LogP contribution in [0, 0.1) is 11.8 Å². The van der Waals surface area contributed by atoms with E-state index in [-0.39, 0.29) is 0 Å². The summed E-state index contributed by atoms with van der Waals surface area (Å²) in [6.07, 6.45) is 3.20. The normalized spacial score (nSPS) is 8.31. The fraction of sp³-hybridized carbons (Fsp3) is 0.0833. The van der Waals surface area contributed by atoms with E-state index in [1.54, 1.807) is 0 Å². The fourth-order valence-corrected chi connectivity index (χ4v) is 1.08. The van der Waals surface area contributed by atoms with Gasteiger partial charge < -0.3 is 0 Å². The molecule has 0 aliphatic carbocycles. The first kappa shape index (κ1) is 9.28. The molecule has 1 aromatic rings. The fourth-order valence-electron chi connectivity index (χ4n) is 1.08. The van der Waals surface area contributed by atoms with Gasteiger partial charge in [-0.1, -0.05) is 30.2 Å². The van der Waals surface area contributed by atoms with Crippen LogP contribution in [0.4, 0.5) is 0 Å². The highest BCUT2D eigenvalue weighted by Crippen LogP contribution is 2.07. The lowest BCUT2D eigenvalue weighted by Gasteiger charge is -1.98. The maximum Gasteiger partial charge on any atom is 0.193 e. The van der Waals surface area contributed by atoms with Crippen molar-refractivity contribution in [1.82, 2.24) is 0 Å². The Bertz CT molecular complexity index is 366. The molecule has 13 heavy (non-hydrogen) atoms. The van der Waals surface area contributed by atoms with Gasteiger partial charge in [0.2, 0.25) is 0 Å². The minimum Gasteiger partial charge on any atom is -0.289 e. The van der Waals surface area contributed by atoms with Gasteiger partial charge in [0, 0.05) is 5.56 Å². The third kappa shape index (κ3) is 2.61. The van der Waals surface area contributed by atoms with E-state index in [1.165, 1.54) is 0 Å². The van der Waals surface area contributed by atoms with E-state index in [1.807, 2.05) is 30.3 Å². The summed E-state index contributed by atoms with van der Waals surface area (Å²) in [4.78, 5) is 10.1. The van der Waals surface area contributed by atoms with Crippen molar-refractivity contribution >= 4 is 6.29 Å². The van der Waals surface area contributed by atoms with Gasteiger partial charge in [0.25, 0.3) is 0 Å². The van der Waals surface area contributed by atoms with Crippen LogP contribution in [0.5, 0.6) is 0 Å². The monoisotopic (exact) mass is 170 g/mol. The van der Waals surface area contributed by atoms with Gasteiger partial charge in [-0.3, -0.25) is 4.79 Å². The average Bonchev–Trinajstić information content (AvgIpc) is 2.17. The molecule has 1 nitrogen and oxygen atoms in total. The molecule has 0 fully saturated rings. The molecule has 0 bridgehead atoms. The lowest BCUT2D eigenvalue weighted by atomic mass is 10.1. The van der Waals surface area contributed by atoms with Gasteiger partial charge in [0.15, 0.2) is 6.29 Å². The second-order valence-corrected chi connectivity index (χ2v) is 2.54. The van der Waals surface area contributed by atoms with E-state index in [4.69, 9.17) is 0 Å². The molecule has 0 unspecified atom stereocenters. The summed E-state index contributed by atoms with van der Waals surface area (Å²) < 4.78 is 0. The Kier molecular flexibility index (Phi) is 3.53. The quantitative estimate of drug-likeness (QED) is 0.377. The van der Waals surface area contributed by atoms with Crippen molar-refractivity contribution in [2.75, 3.05) is 0 Å². The van der Waals surface area contributed by atoms with Crippen LogP contribution in [-0.2, 0) is 11.2 Å². The molecule has 0 heterocycles. The van der Waals surface area contributed by atoms with E-state index < -0.39 is 0 Å². The zero-order valence-electron chi connectivity index (χ0n) is 7.29. The van der Waals surface area contributed by atoms with E-state index in [2.05, 4.69) is 18.4 Å². The Morgan fingerprint density at radius 1 is 1.38 bits per heavy atom. The SMILES string of the molecule is C=CCc1ccccc1C#CC=O. The molecule has 0 N–H and O–H groups in total. The van der Waals surface area contributed by atoms with E-state index in [0.29, 0.717) is 6.29 Å². The first-order valence-electron chi connectivity index (χ1n) is 4.02. The van der Waals surface area contributed by atoms with Crippen molar-refractivity contribution in [2.45, 2.75) is 6.42 Å². The lowest BCUT2D eigenvalue weighted by Crippen LogP contribution is -1.86. The maximum absolute atomic E-state index is 10.1. The molecule has 0 aliphatic heterocycles. The summed E-state index contributed by atoms with van der Waals surface area (Å²) in [7, 11) is 0. The van der Waals surface area contributed by atoms with Crippen LogP contribution < -0.4 is 0 Å². The average molecular weight is 170 g/mol. The molecule has 0 atom stereocenters. The Hall–Kier alpha value is -1.81. The summed E-state index contributed by atoms with van der Waals surface area (Å²) in [5.74, 6) is 5.18. The summed E-state index contributed by atoms with van der Waals surface area (Å²) in [5.41, 5.74) is 2.00. The maximum atomic E-state index is 10.1.